The lowest BCUT2D eigenvalue weighted by Gasteiger charge is -2.17. The first-order valence-electron chi connectivity index (χ1n) is 8.39. The van der Waals surface area contributed by atoms with E-state index in [4.69, 9.17) is 4.42 Å². The second-order valence-electron chi connectivity index (χ2n) is 5.97. The molecule has 0 bridgehead atoms. The van der Waals surface area contributed by atoms with Gasteiger partial charge in [-0.05, 0) is 42.7 Å². The lowest BCUT2D eigenvalue weighted by Crippen LogP contribution is -2.37. The highest BCUT2D eigenvalue weighted by atomic mass is 16.3. The van der Waals surface area contributed by atoms with Gasteiger partial charge in [0.25, 0.3) is 0 Å². The summed E-state index contributed by atoms with van der Waals surface area (Å²) in [6.07, 6.45) is 3.76. The first kappa shape index (κ1) is 16.3. The highest BCUT2D eigenvalue weighted by Crippen LogP contribution is 2.25. The molecule has 126 valence electrons. The molecule has 0 aliphatic carbocycles. The van der Waals surface area contributed by atoms with E-state index < -0.39 is 5.92 Å². The van der Waals surface area contributed by atoms with Gasteiger partial charge in [0.05, 0.1) is 6.26 Å². The third kappa shape index (κ3) is 3.50. The molecule has 1 N–H and O–H groups in total. The first-order valence-corrected chi connectivity index (χ1v) is 8.39. The number of nitrogens with one attached hydrogen (secondary N) is 1. The topological polar surface area (TPSA) is 62.6 Å². The molecule has 0 spiro atoms. The second-order valence-corrected chi connectivity index (χ2v) is 5.97. The molecule has 1 unspecified atom stereocenters. The molecule has 1 aliphatic rings. The van der Waals surface area contributed by atoms with Crippen molar-refractivity contribution < 1.29 is 14.0 Å². The predicted molar refractivity (Wildman–Crippen MR) is 91.7 cm³/mol. The number of carbonyl (C=O) groups is 2. The van der Waals surface area contributed by atoms with E-state index in [1.54, 1.807) is 11.2 Å². The lowest BCUT2D eigenvalue weighted by molar-refractivity contribution is -0.132. The minimum atomic E-state index is -0.590. The molecule has 2 heterocycles. The van der Waals surface area contributed by atoms with Crippen molar-refractivity contribution in [3.05, 3.63) is 54.0 Å². The average molecular weight is 326 g/mol. The Labute approximate surface area is 141 Å². The molecule has 5 nitrogen and oxygen atoms in total. The summed E-state index contributed by atoms with van der Waals surface area (Å²) in [6.45, 7) is 3.15. The maximum atomic E-state index is 12.5. The van der Waals surface area contributed by atoms with Crippen LogP contribution >= 0.6 is 0 Å². The van der Waals surface area contributed by atoms with E-state index in [0.717, 1.165) is 17.9 Å². The van der Waals surface area contributed by atoms with Gasteiger partial charge in [-0.1, -0.05) is 19.1 Å². The van der Waals surface area contributed by atoms with Crippen LogP contribution < -0.4 is 10.2 Å². The Bertz CT molecular complexity index is 692. The minimum absolute atomic E-state index is 0.116. The quantitative estimate of drug-likeness (QED) is 0.830. The maximum absolute atomic E-state index is 12.5. The summed E-state index contributed by atoms with van der Waals surface area (Å²) in [6, 6.07) is 11.6. The first-order chi connectivity index (χ1) is 11.7. The minimum Gasteiger partial charge on any atom is -0.469 e. The summed E-state index contributed by atoms with van der Waals surface area (Å²) in [5, 5.41) is 2.84. The zero-order chi connectivity index (χ0) is 16.9. The lowest BCUT2D eigenvalue weighted by atomic mass is 10.1. The molecule has 3 rings (SSSR count). The number of benzene rings is 1. The van der Waals surface area contributed by atoms with Crippen LogP contribution in [0.4, 0.5) is 5.69 Å². The zero-order valence-electron chi connectivity index (χ0n) is 13.8. The Morgan fingerprint density at radius 2 is 2.08 bits per heavy atom. The molecule has 2 aromatic rings. The van der Waals surface area contributed by atoms with Crippen molar-refractivity contribution in [3.8, 4) is 0 Å². The van der Waals surface area contributed by atoms with Crippen molar-refractivity contribution in [2.24, 2.45) is 5.92 Å². The van der Waals surface area contributed by atoms with Crippen molar-refractivity contribution in [2.45, 2.75) is 26.2 Å². The van der Waals surface area contributed by atoms with Crippen molar-refractivity contribution >= 4 is 17.5 Å². The average Bonchev–Trinajstić information content (AvgIpc) is 3.24. The van der Waals surface area contributed by atoms with Gasteiger partial charge in [-0.15, -0.1) is 0 Å². The van der Waals surface area contributed by atoms with E-state index in [9.17, 15) is 9.59 Å². The standard InChI is InChI=1S/C19H22N2O3/c1-2-14-5-7-15(8-6-14)21-12-10-17(19(21)23)18(22)20-11-9-16-4-3-13-24-16/h3-8,13,17H,2,9-12H2,1H3,(H,20,22). The molecule has 1 saturated heterocycles. The Kier molecular flexibility index (Phi) is 4.99. The van der Waals surface area contributed by atoms with Crippen LogP contribution in [0, 0.1) is 5.92 Å². The van der Waals surface area contributed by atoms with Gasteiger partial charge >= 0.3 is 0 Å². The molecule has 5 heteroatoms. The molecule has 1 aromatic heterocycles. The summed E-state index contributed by atoms with van der Waals surface area (Å²) >= 11 is 0. The van der Waals surface area contributed by atoms with Gasteiger partial charge in [-0.3, -0.25) is 9.59 Å². The van der Waals surface area contributed by atoms with Crippen LogP contribution in [0.5, 0.6) is 0 Å². The Hall–Kier alpha value is -2.56. The third-order valence-electron chi connectivity index (χ3n) is 4.43. The number of anilines is 1. The summed E-state index contributed by atoms with van der Waals surface area (Å²) in [5.41, 5.74) is 2.10. The molecule has 1 atom stereocenters. The molecule has 2 amide bonds. The number of nitrogens with zero attached hydrogens (tertiary/aromatic N) is 1. The predicted octanol–water partition coefficient (Wildman–Crippen LogP) is 2.55. The van der Waals surface area contributed by atoms with Gasteiger partial charge in [0, 0.05) is 25.2 Å². The summed E-state index contributed by atoms with van der Waals surface area (Å²) in [7, 11) is 0. The van der Waals surface area contributed by atoms with E-state index >= 15 is 0 Å². The fourth-order valence-electron chi connectivity index (χ4n) is 2.98. The van der Waals surface area contributed by atoms with Crippen LogP contribution in [0.1, 0.15) is 24.7 Å². The fraction of sp³-hybridized carbons (Fsp3) is 0.368. The number of amides is 2. The molecule has 1 aliphatic heterocycles. The normalized spacial score (nSPS) is 17.3. The van der Waals surface area contributed by atoms with E-state index in [2.05, 4.69) is 12.2 Å². The van der Waals surface area contributed by atoms with Gasteiger partial charge < -0.3 is 14.6 Å². The summed E-state index contributed by atoms with van der Waals surface area (Å²) < 4.78 is 5.23. The van der Waals surface area contributed by atoms with Crippen molar-refractivity contribution in [1.29, 1.82) is 0 Å². The summed E-state index contributed by atoms with van der Waals surface area (Å²) in [5.74, 6) is -0.0767. The van der Waals surface area contributed by atoms with Crippen LogP contribution in [0.15, 0.2) is 47.1 Å². The number of hydrogen-bond acceptors (Lipinski definition) is 3. The highest BCUT2D eigenvalue weighted by Gasteiger charge is 2.37. The molecule has 0 radical (unpaired) electrons. The van der Waals surface area contributed by atoms with Crippen LogP contribution in [-0.4, -0.2) is 24.9 Å². The van der Waals surface area contributed by atoms with Gasteiger partial charge in [-0.2, -0.15) is 0 Å². The molecular formula is C19H22N2O3. The number of aryl methyl sites for hydroxylation is 1. The fourth-order valence-corrected chi connectivity index (χ4v) is 2.98. The number of carbonyl (C=O) groups excluding carboxylic acids is 2. The van der Waals surface area contributed by atoms with E-state index in [1.807, 2.05) is 36.4 Å². The Morgan fingerprint density at radius 3 is 2.75 bits per heavy atom. The van der Waals surface area contributed by atoms with Gasteiger partial charge in [0.2, 0.25) is 11.8 Å². The van der Waals surface area contributed by atoms with Gasteiger partial charge in [0.1, 0.15) is 11.7 Å². The van der Waals surface area contributed by atoms with E-state index in [-0.39, 0.29) is 11.8 Å². The van der Waals surface area contributed by atoms with Crippen LogP contribution in [0.25, 0.3) is 0 Å². The van der Waals surface area contributed by atoms with Crippen molar-refractivity contribution in [3.63, 3.8) is 0 Å². The number of rotatable bonds is 6. The van der Waals surface area contributed by atoms with Gasteiger partial charge in [0.15, 0.2) is 0 Å². The van der Waals surface area contributed by atoms with Crippen LogP contribution in [0.2, 0.25) is 0 Å². The largest absolute Gasteiger partial charge is 0.469 e. The summed E-state index contributed by atoms with van der Waals surface area (Å²) in [4.78, 5) is 26.5. The van der Waals surface area contributed by atoms with Crippen molar-refractivity contribution in [2.75, 3.05) is 18.0 Å². The monoisotopic (exact) mass is 326 g/mol. The molecule has 0 saturated carbocycles. The van der Waals surface area contributed by atoms with Crippen LogP contribution in [0.3, 0.4) is 0 Å². The number of furan rings is 1. The molecule has 1 fully saturated rings. The third-order valence-corrected chi connectivity index (χ3v) is 4.43. The Balaban J connectivity index is 1.55. The SMILES string of the molecule is CCc1ccc(N2CCC(C(=O)NCCc3ccco3)C2=O)cc1. The smallest absolute Gasteiger partial charge is 0.239 e. The highest BCUT2D eigenvalue weighted by molar-refractivity contribution is 6.09. The van der Waals surface area contributed by atoms with E-state index in [0.29, 0.717) is 25.9 Å². The Morgan fingerprint density at radius 1 is 1.29 bits per heavy atom. The maximum Gasteiger partial charge on any atom is 0.239 e. The zero-order valence-corrected chi connectivity index (χ0v) is 13.8. The molecule has 1 aromatic carbocycles. The number of hydrogen-bond donors (Lipinski definition) is 1. The second kappa shape index (κ2) is 7.34. The van der Waals surface area contributed by atoms with Crippen molar-refractivity contribution in [1.82, 2.24) is 5.32 Å². The van der Waals surface area contributed by atoms with E-state index in [1.165, 1.54) is 5.56 Å². The van der Waals surface area contributed by atoms with Crippen LogP contribution in [-0.2, 0) is 22.4 Å². The van der Waals surface area contributed by atoms with Gasteiger partial charge in [-0.25, -0.2) is 0 Å². The molecular weight excluding hydrogens is 304 g/mol. The molecule has 24 heavy (non-hydrogen) atoms.